The Morgan fingerprint density at radius 3 is 2.52 bits per heavy atom. The summed E-state index contributed by atoms with van der Waals surface area (Å²) >= 11 is 0. The highest BCUT2D eigenvalue weighted by Crippen LogP contribution is 2.52. The minimum atomic E-state index is -0.460. The average Bonchev–Trinajstić information content (AvgIpc) is 3.18. The maximum absolute atomic E-state index is 12.2. The Kier molecular flexibility index (Phi) is 4.50. The van der Waals surface area contributed by atoms with Gasteiger partial charge in [0.2, 0.25) is 5.91 Å². The number of hydrogen-bond acceptors (Lipinski definition) is 4. The van der Waals surface area contributed by atoms with Gasteiger partial charge in [-0.25, -0.2) is 5.43 Å². The average molecular weight is 313 g/mol. The summed E-state index contributed by atoms with van der Waals surface area (Å²) in [4.78, 5) is 22.7. The number of carbonyl (C=O) groups excluding carboxylic acids is 1. The molecule has 0 aromatic heterocycles. The number of carbonyl (C=O) groups is 1. The Morgan fingerprint density at radius 1 is 1.22 bits per heavy atom. The van der Waals surface area contributed by atoms with Crippen molar-refractivity contribution in [2.24, 2.45) is 22.9 Å². The number of rotatable bonds is 4. The highest BCUT2D eigenvalue weighted by Gasteiger charge is 2.53. The number of fused-ring (bicyclic) bond motifs is 1. The predicted octanol–water partition coefficient (Wildman–Crippen LogP) is 3.04. The zero-order valence-corrected chi connectivity index (χ0v) is 12.7. The highest BCUT2D eigenvalue weighted by molar-refractivity contribution is 5.87. The second kappa shape index (κ2) is 6.73. The zero-order valence-electron chi connectivity index (χ0n) is 12.7. The van der Waals surface area contributed by atoms with Crippen LogP contribution in [0.1, 0.15) is 31.2 Å². The summed E-state index contributed by atoms with van der Waals surface area (Å²) in [6.45, 7) is 0. The SMILES string of the molecule is O=C(N/N=C\c1ccccc1[N+](=O)[O-])C1[C@H]2CCC=CCC[C@@H]12. The largest absolute Gasteiger partial charge is 0.278 e. The van der Waals surface area contributed by atoms with Crippen molar-refractivity contribution in [2.75, 3.05) is 0 Å². The molecular formula is C17H19N3O3. The molecule has 0 heterocycles. The molecule has 1 aromatic rings. The molecule has 1 N–H and O–H groups in total. The van der Waals surface area contributed by atoms with Gasteiger partial charge < -0.3 is 0 Å². The minimum Gasteiger partial charge on any atom is -0.273 e. The number of amides is 1. The first-order valence-corrected chi connectivity index (χ1v) is 7.90. The van der Waals surface area contributed by atoms with Crippen molar-refractivity contribution in [3.05, 3.63) is 52.1 Å². The summed E-state index contributed by atoms with van der Waals surface area (Å²) in [7, 11) is 0. The summed E-state index contributed by atoms with van der Waals surface area (Å²) in [5, 5.41) is 14.8. The first-order chi connectivity index (χ1) is 11.2. The Balaban J connectivity index is 1.59. The molecule has 1 saturated carbocycles. The third-order valence-electron chi connectivity index (χ3n) is 4.65. The van der Waals surface area contributed by atoms with Gasteiger partial charge in [-0.1, -0.05) is 24.3 Å². The smallest absolute Gasteiger partial charge is 0.273 e. The molecule has 3 rings (SSSR count). The summed E-state index contributed by atoms with van der Waals surface area (Å²) in [6, 6.07) is 6.32. The second-order valence-electron chi connectivity index (χ2n) is 6.03. The van der Waals surface area contributed by atoms with Crippen molar-refractivity contribution in [1.29, 1.82) is 0 Å². The molecule has 0 spiro atoms. The molecule has 1 amide bonds. The maximum Gasteiger partial charge on any atom is 0.278 e. The summed E-state index contributed by atoms with van der Waals surface area (Å²) < 4.78 is 0. The number of nitrogens with zero attached hydrogens (tertiary/aromatic N) is 2. The van der Waals surface area contributed by atoms with Crippen LogP contribution < -0.4 is 5.43 Å². The van der Waals surface area contributed by atoms with Gasteiger partial charge in [0.1, 0.15) is 0 Å². The van der Waals surface area contributed by atoms with Gasteiger partial charge in [0, 0.05) is 12.0 Å². The van der Waals surface area contributed by atoms with Gasteiger partial charge in [-0.05, 0) is 43.6 Å². The molecule has 1 unspecified atom stereocenters. The predicted molar refractivity (Wildman–Crippen MR) is 86.9 cm³/mol. The van der Waals surface area contributed by atoms with Crippen LogP contribution >= 0.6 is 0 Å². The van der Waals surface area contributed by atoms with Crippen molar-refractivity contribution in [3.63, 3.8) is 0 Å². The van der Waals surface area contributed by atoms with Crippen LogP contribution in [0.25, 0.3) is 0 Å². The molecule has 6 nitrogen and oxygen atoms in total. The monoisotopic (exact) mass is 313 g/mol. The standard InChI is InChI=1S/C17H19N3O3/c21-17(16-13-8-3-1-2-4-9-14(13)16)19-18-11-12-7-5-6-10-15(12)20(22)23/h1-2,5-7,10-11,13-14,16H,3-4,8-9H2,(H,19,21)/b2-1?,18-11-/t13-,14+,16?. The van der Waals surface area contributed by atoms with Gasteiger partial charge in [0.15, 0.2) is 0 Å². The lowest BCUT2D eigenvalue weighted by molar-refractivity contribution is -0.385. The summed E-state index contributed by atoms with van der Waals surface area (Å²) in [6.07, 6.45) is 9.88. The minimum absolute atomic E-state index is 0.0235. The molecule has 1 aromatic carbocycles. The molecule has 3 atom stereocenters. The number of hydrazone groups is 1. The molecule has 1 fully saturated rings. The lowest BCUT2D eigenvalue weighted by atomic mass is 10.1. The van der Waals surface area contributed by atoms with Gasteiger partial charge in [0.05, 0.1) is 16.7 Å². The third kappa shape index (κ3) is 3.47. The van der Waals surface area contributed by atoms with Crippen LogP contribution in [0.4, 0.5) is 5.69 Å². The molecular weight excluding hydrogens is 294 g/mol. The Labute approximate surface area is 134 Å². The van der Waals surface area contributed by atoms with Crippen molar-refractivity contribution in [1.82, 2.24) is 5.43 Å². The van der Waals surface area contributed by atoms with E-state index < -0.39 is 4.92 Å². The van der Waals surface area contributed by atoms with E-state index in [1.807, 2.05) is 0 Å². The van der Waals surface area contributed by atoms with Gasteiger partial charge in [-0.2, -0.15) is 5.10 Å². The highest BCUT2D eigenvalue weighted by atomic mass is 16.6. The first-order valence-electron chi connectivity index (χ1n) is 7.90. The molecule has 0 aliphatic heterocycles. The molecule has 0 bridgehead atoms. The number of benzene rings is 1. The topological polar surface area (TPSA) is 84.6 Å². The fraction of sp³-hybridized carbons (Fsp3) is 0.412. The number of nitro benzene ring substituents is 1. The zero-order chi connectivity index (χ0) is 16.2. The third-order valence-corrected chi connectivity index (χ3v) is 4.65. The maximum atomic E-state index is 12.2. The molecule has 6 heteroatoms. The first kappa shape index (κ1) is 15.4. The lowest BCUT2D eigenvalue weighted by Gasteiger charge is -1.99. The van der Waals surface area contributed by atoms with Gasteiger partial charge in [0.25, 0.3) is 5.69 Å². The van der Waals surface area contributed by atoms with E-state index in [0.29, 0.717) is 17.4 Å². The summed E-state index contributed by atoms with van der Waals surface area (Å²) in [5.41, 5.74) is 2.90. The van der Waals surface area contributed by atoms with Crippen molar-refractivity contribution in [2.45, 2.75) is 25.7 Å². The molecule has 0 radical (unpaired) electrons. The number of nitro groups is 1. The normalized spacial score (nSPS) is 26.2. The van der Waals surface area contributed by atoms with E-state index in [-0.39, 0.29) is 17.5 Å². The van der Waals surface area contributed by atoms with Crippen LogP contribution in [0.15, 0.2) is 41.5 Å². The van der Waals surface area contributed by atoms with E-state index in [0.717, 1.165) is 25.7 Å². The van der Waals surface area contributed by atoms with Crippen molar-refractivity contribution < 1.29 is 9.72 Å². The van der Waals surface area contributed by atoms with Crippen molar-refractivity contribution >= 4 is 17.8 Å². The van der Waals surface area contributed by atoms with Crippen LogP contribution in [0, 0.1) is 27.9 Å². The fourth-order valence-corrected chi connectivity index (χ4v) is 3.44. The second-order valence-corrected chi connectivity index (χ2v) is 6.03. The molecule has 23 heavy (non-hydrogen) atoms. The van der Waals surface area contributed by atoms with E-state index in [1.54, 1.807) is 18.2 Å². The van der Waals surface area contributed by atoms with E-state index in [2.05, 4.69) is 22.7 Å². The van der Waals surface area contributed by atoms with Gasteiger partial charge >= 0.3 is 0 Å². The van der Waals surface area contributed by atoms with E-state index in [4.69, 9.17) is 0 Å². The van der Waals surface area contributed by atoms with Gasteiger partial charge in [-0.15, -0.1) is 0 Å². The van der Waals surface area contributed by atoms with E-state index in [1.165, 1.54) is 12.3 Å². The van der Waals surface area contributed by atoms with Crippen LogP contribution in [0.2, 0.25) is 0 Å². The van der Waals surface area contributed by atoms with Crippen LogP contribution in [0.5, 0.6) is 0 Å². The van der Waals surface area contributed by atoms with Crippen LogP contribution in [-0.4, -0.2) is 17.0 Å². The van der Waals surface area contributed by atoms with Crippen molar-refractivity contribution in [3.8, 4) is 0 Å². The molecule has 2 aliphatic carbocycles. The number of para-hydroxylation sites is 1. The number of nitrogens with one attached hydrogen (secondary N) is 1. The van der Waals surface area contributed by atoms with E-state index in [9.17, 15) is 14.9 Å². The quantitative estimate of drug-likeness (QED) is 0.401. The summed E-state index contributed by atoms with van der Waals surface area (Å²) in [5.74, 6) is 0.886. The van der Waals surface area contributed by atoms with Crippen LogP contribution in [0.3, 0.4) is 0 Å². The lowest BCUT2D eigenvalue weighted by Crippen LogP contribution is -2.21. The van der Waals surface area contributed by atoms with E-state index >= 15 is 0 Å². The Morgan fingerprint density at radius 2 is 1.87 bits per heavy atom. The number of hydrogen-bond donors (Lipinski definition) is 1. The molecule has 0 saturated heterocycles. The number of allylic oxidation sites excluding steroid dienone is 2. The molecule has 120 valence electrons. The van der Waals surface area contributed by atoms with Gasteiger partial charge in [-0.3, -0.25) is 14.9 Å². The van der Waals surface area contributed by atoms with Crippen LogP contribution in [-0.2, 0) is 4.79 Å². The Hall–Kier alpha value is -2.50. The molecule has 2 aliphatic rings. The Bertz CT molecular complexity index is 653. The fourth-order valence-electron chi connectivity index (χ4n) is 3.44.